The number of carbonyl (C=O) groups is 6. The molecule has 0 heterocycles. The zero-order valence-corrected chi connectivity index (χ0v) is 47.9. The van der Waals surface area contributed by atoms with Gasteiger partial charge < -0.3 is 38.2 Å². The first-order valence-electron chi connectivity index (χ1n) is 26.8. The molecule has 0 amide bonds. The van der Waals surface area contributed by atoms with E-state index in [0.717, 1.165) is 64.2 Å². The number of ether oxygens (including phenoxy) is 6. The van der Waals surface area contributed by atoms with E-state index in [1.165, 1.54) is 54.4 Å². The topological polar surface area (TPSA) is 171 Å². The number of rotatable bonds is 47. The summed E-state index contributed by atoms with van der Waals surface area (Å²) < 4.78 is 33.3. The average Bonchev–Trinajstić information content (AvgIpc) is 3.31. The van der Waals surface area contributed by atoms with Crippen LogP contribution in [0.15, 0.2) is 0 Å². The maximum absolute atomic E-state index is 14.0. The summed E-state index contributed by atoms with van der Waals surface area (Å²) in [6.07, 6.45) is 14.8. The Bertz CT molecular complexity index is 1410. The number of unbranched alkanes of at least 4 members (excludes halogenated alkanes) is 8. The third-order valence-electron chi connectivity index (χ3n) is 11.9. The van der Waals surface area contributed by atoms with Crippen LogP contribution in [0.25, 0.3) is 0 Å². The molecular formula is C53H100N4O12S2. The summed E-state index contributed by atoms with van der Waals surface area (Å²) in [7, 11) is 11.5. The molecule has 0 aromatic rings. The normalized spacial score (nSPS) is 13.0. The highest BCUT2D eigenvalue weighted by molar-refractivity contribution is 8.76. The van der Waals surface area contributed by atoms with Crippen molar-refractivity contribution in [3.8, 4) is 0 Å². The van der Waals surface area contributed by atoms with E-state index < -0.39 is 36.0 Å². The molecule has 0 saturated carbocycles. The Balaban J connectivity index is 6.27. The Labute approximate surface area is 438 Å². The van der Waals surface area contributed by atoms with Gasteiger partial charge in [0, 0.05) is 50.8 Å². The monoisotopic (exact) mass is 1050 g/mol. The summed E-state index contributed by atoms with van der Waals surface area (Å²) in [5, 5.41) is 0. The molecule has 3 atom stereocenters. The summed E-state index contributed by atoms with van der Waals surface area (Å²) in [4.78, 5) is 86.8. The molecule has 0 rings (SSSR count). The van der Waals surface area contributed by atoms with E-state index in [1.54, 1.807) is 9.80 Å². The molecule has 0 aromatic heterocycles. The van der Waals surface area contributed by atoms with Gasteiger partial charge in [0.05, 0.1) is 52.6 Å². The van der Waals surface area contributed by atoms with Crippen LogP contribution < -0.4 is 0 Å². The molecule has 18 heteroatoms. The van der Waals surface area contributed by atoms with E-state index in [0.29, 0.717) is 44.7 Å². The second-order valence-electron chi connectivity index (χ2n) is 20.1. The molecule has 416 valence electrons. The molecule has 0 N–H and O–H groups in total. The second-order valence-corrected chi connectivity index (χ2v) is 22.7. The van der Waals surface area contributed by atoms with Gasteiger partial charge in [0.2, 0.25) is 0 Å². The van der Waals surface area contributed by atoms with Gasteiger partial charge in [0.25, 0.3) is 0 Å². The Morgan fingerprint density at radius 3 is 1.17 bits per heavy atom. The zero-order valence-electron chi connectivity index (χ0n) is 46.3. The SMILES string of the molecule is CCCC(C)COC(=O)CCN(CCC(=O)OCCCCCCCC(C)C)[C@@H](CSSC[C@@H](C(=O)OCCN(C)C)N(CCC(=O)OC)CCC(=O)OCCCCCCCC(C)C)C(=O)OCCN(C)C. The van der Waals surface area contributed by atoms with Crippen LogP contribution in [0.1, 0.15) is 157 Å². The fraction of sp³-hybridized carbons (Fsp3) is 0.887. The summed E-state index contributed by atoms with van der Waals surface area (Å²) >= 11 is 0. The standard InChI is InChI=1S/C53H100N4O12S2/c1-12-23-45(6)40-69-51(61)29-33-57(32-28-50(60)66-37-22-18-14-16-20-25-44(4)5)47(53(63)68-39-35-55(9)10)42-71-70-41-46(52(62)67-38-34-54(7)8)56(30-26-48(58)64-11)31-27-49(59)65-36-21-17-13-15-19-24-43(2)3/h43-47H,12-42H2,1-11H3/t45?,46-,47-/m0/s1. The van der Waals surface area contributed by atoms with Crippen LogP contribution in [-0.4, -0.2) is 187 Å². The summed E-state index contributed by atoms with van der Waals surface area (Å²) in [6.45, 7) is 15.8. The van der Waals surface area contributed by atoms with Crippen LogP contribution in [0.3, 0.4) is 0 Å². The Morgan fingerprint density at radius 1 is 0.437 bits per heavy atom. The molecule has 1 unspecified atom stereocenters. The number of likely N-dealkylation sites (N-methyl/N-ethyl adjacent to an activating group) is 2. The predicted molar refractivity (Wildman–Crippen MR) is 287 cm³/mol. The molecule has 71 heavy (non-hydrogen) atoms. The van der Waals surface area contributed by atoms with E-state index in [4.69, 9.17) is 28.4 Å². The van der Waals surface area contributed by atoms with Crippen LogP contribution in [0.2, 0.25) is 0 Å². The van der Waals surface area contributed by atoms with Crippen LogP contribution in [0.5, 0.6) is 0 Å². The minimum absolute atomic E-state index is 0.000876. The van der Waals surface area contributed by atoms with Crippen molar-refractivity contribution >= 4 is 57.4 Å². The van der Waals surface area contributed by atoms with E-state index in [9.17, 15) is 28.8 Å². The number of hydrogen-bond donors (Lipinski definition) is 0. The van der Waals surface area contributed by atoms with Crippen molar-refractivity contribution in [2.24, 2.45) is 17.8 Å². The Morgan fingerprint density at radius 2 is 0.803 bits per heavy atom. The van der Waals surface area contributed by atoms with Gasteiger partial charge in [0.1, 0.15) is 25.3 Å². The predicted octanol–water partition coefficient (Wildman–Crippen LogP) is 8.71. The molecule has 0 aliphatic heterocycles. The molecular weight excluding hydrogens is 949 g/mol. The average molecular weight is 1050 g/mol. The molecule has 0 radical (unpaired) electrons. The van der Waals surface area contributed by atoms with Crippen molar-refractivity contribution in [2.45, 2.75) is 169 Å². The maximum Gasteiger partial charge on any atom is 0.324 e. The highest BCUT2D eigenvalue weighted by Crippen LogP contribution is 2.28. The van der Waals surface area contributed by atoms with Gasteiger partial charge in [-0.15, -0.1) is 0 Å². The molecule has 0 fully saturated rings. The van der Waals surface area contributed by atoms with Crippen molar-refractivity contribution in [2.75, 3.05) is 119 Å². The molecule has 0 aliphatic carbocycles. The third kappa shape index (κ3) is 40.4. The van der Waals surface area contributed by atoms with Crippen molar-refractivity contribution in [3.63, 3.8) is 0 Å². The molecule has 0 aromatic carbocycles. The zero-order chi connectivity index (χ0) is 53.2. The van der Waals surface area contributed by atoms with Crippen molar-refractivity contribution < 1.29 is 57.2 Å². The quantitative estimate of drug-likeness (QED) is 0.0245. The van der Waals surface area contributed by atoms with Crippen LogP contribution in [0.4, 0.5) is 0 Å². The van der Waals surface area contributed by atoms with Gasteiger partial charge >= 0.3 is 35.8 Å². The highest BCUT2D eigenvalue weighted by atomic mass is 33.1. The smallest absolute Gasteiger partial charge is 0.324 e. The van der Waals surface area contributed by atoms with E-state index in [1.807, 2.05) is 44.9 Å². The number of carbonyl (C=O) groups excluding carboxylic acids is 6. The van der Waals surface area contributed by atoms with E-state index in [2.05, 4.69) is 34.6 Å². The summed E-state index contributed by atoms with van der Waals surface area (Å²) in [6, 6.07) is -1.73. The van der Waals surface area contributed by atoms with Gasteiger partial charge in [-0.25, -0.2) is 0 Å². The first-order chi connectivity index (χ1) is 33.9. The number of methoxy groups -OCH3 is 1. The Kier molecular flexibility index (Phi) is 43.1. The van der Waals surface area contributed by atoms with Crippen molar-refractivity contribution in [1.82, 2.24) is 19.6 Å². The molecule has 0 bridgehead atoms. The van der Waals surface area contributed by atoms with Crippen molar-refractivity contribution in [1.29, 1.82) is 0 Å². The number of esters is 6. The van der Waals surface area contributed by atoms with Gasteiger partial charge in [-0.3, -0.25) is 38.6 Å². The minimum Gasteiger partial charge on any atom is -0.469 e. The Hall–Kier alpha value is -2.64. The second kappa shape index (κ2) is 44.8. The molecule has 16 nitrogen and oxygen atoms in total. The van der Waals surface area contributed by atoms with E-state index in [-0.39, 0.29) is 94.4 Å². The first-order valence-corrected chi connectivity index (χ1v) is 29.3. The van der Waals surface area contributed by atoms with Gasteiger partial charge in [-0.2, -0.15) is 0 Å². The van der Waals surface area contributed by atoms with Crippen LogP contribution >= 0.6 is 21.6 Å². The molecule has 0 saturated heterocycles. The lowest BCUT2D eigenvalue weighted by molar-refractivity contribution is -0.152. The number of nitrogens with zero attached hydrogens (tertiary/aromatic N) is 4. The molecule has 0 aliphatic rings. The fourth-order valence-corrected chi connectivity index (χ4v) is 9.87. The first kappa shape index (κ1) is 68.4. The highest BCUT2D eigenvalue weighted by Gasteiger charge is 2.32. The van der Waals surface area contributed by atoms with Crippen LogP contribution in [0, 0.1) is 17.8 Å². The van der Waals surface area contributed by atoms with Gasteiger partial charge in [0.15, 0.2) is 0 Å². The third-order valence-corrected chi connectivity index (χ3v) is 14.2. The van der Waals surface area contributed by atoms with Gasteiger partial charge in [-0.1, -0.05) is 134 Å². The summed E-state index contributed by atoms with van der Waals surface area (Å²) in [5.74, 6) is -0.652. The lowest BCUT2D eigenvalue weighted by Gasteiger charge is -2.31. The largest absolute Gasteiger partial charge is 0.469 e. The lowest BCUT2D eigenvalue weighted by atomic mass is 10.0. The minimum atomic E-state index is -0.865. The fourth-order valence-electron chi connectivity index (χ4n) is 7.38. The lowest BCUT2D eigenvalue weighted by Crippen LogP contribution is -2.47. The maximum atomic E-state index is 14.0. The van der Waals surface area contributed by atoms with Crippen molar-refractivity contribution in [3.05, 3.63) is 0 Å². The van der Waals surface area contributed by atoms with E-state index >= 15 is 0 Å². The number of hydrogen-bond acceptors (Lipinski definition) is 18. The summed E-state index contributed by atoms with van der Waals surface area (Å²) in [5.41, 5.74) is 0. The van der Waals surface area contributed by atoms with Crippen LogP contribution in [-0.2, 0) is 57.2 Å². The van der Waals surface area contributed by atoms with Gasteiger partial charge in [-0.05, 0) is 65.2 Å². The molecule has 0 spiro atoms.